The van der Waals surface area contributed by atoms with E-state index in [9.17, 15) is 9.90 Å². The van der Waals surface area contributed by atoms with E-state index in [1.807, 2.05) is 13.0 Å². The average molecular weight is 620 g/mol. The fraction of sp³-hybridized carbons (Fsp3) is 0.459. The van der Waals surface area contributed by atoms with Gasteiger partial charge in [0.25, 0.3) is 0 Å². The lowest BCUT2D eigenvalue weighted by Gasteiger charge is -2.31. The summed E-state index contributed by atoms with van der Waals surface area (Å²) in [6, 6.07) is 10.2. The number of anilines is 1. The van der Waals surface area contributed by atoms with E-state index in [1.54, 1.807) is 18.5 Å². The predicted octanol–water partition coefficient (Wildman–Crippen LogP) is 7.64. The van der Waals surface area contributed by atoms with Crippen LogP contribution in [0.5, 0.6) is 0 Å². The zero-order valence-corrected chi connectivity index (χ0v) is 27.3. The monoisotopic (exact) mass is 619 g/mol. The molecule has 0 amide bonds. The van der Waals surface area contributed by atoms with Gasteiger partial charge in [-0.15, -0.1) is 0 Å². The summed E-state index contributed by atoms with van der Waals surface area (Å²) in [6.45, 7) is 12.3. The molecule has 5 aromatic rings. The second kappa shape index (κ2) is 12.9. The second-order valence-corrected chi connectivity index (χ2v) is 13.0. The lowest BCUT2D eigenvalue weighted by Crippen LogP contribution is -2.38. The molecule has 2 aliphatic rings. The molecule has 240 valence electrons. The lowest BCUT2D eigenvalue weighted by atomic mass is 9.86. The molecule has 0 spiro atoms. The first-order valence-electron chi connectivity index (χ1n) is 17.2. The van der Waals surface area contributed by atoms with Gasteiger partial charge < -0.3 is 24.5 Å². The Bertz CT molecular complexity index is 1880. The van der Waals surface area contributed by atoms with E-state index in [-0.39, 0.29) is 0 Å². The van der Waals surface area contributed by atoms with Crippen LogP contribution in [-0.4, -0.2) is 73.2 Å². The van der Waals surface area contributed by atoms with Crippen LogP contribution >= 0.6 is 0 Å². The van der Waals surface area contributed by atoms with Gasteiger partial charge in [-0.05, 0) is 81.4 Å². The van der Waals surface area contributed by atoms with Gasteiger partial charge in [0.2, 0.25) is 0 Å². The van der Waals surface area contributed by atoms with Crippen LogP contribution in [0.1, 0.15) is 86.3 Å². The van der Waals surface area contributed by atoms with Crippen LogP contribution in [0.3, 0.4) is 0 Å². The number of carboxylic acid groups (broad SMARTS) is 1. The average Bonchev–Trinajstić information content (AvgIpc) is 3.59. The van der Waals surface area contributed by atoms with Gasteiger partial charge in [-0.3, -0.25) is 4.98 Å². The van der Waals surface area contributed by atoms with E-state index in [1.165, 1.54) is 41.5 Å². The number of aromatic carboxylic acids is 1. The minimum atomic E-state index is -0.889. The predicted molar refractivity (Wildman–Crippen MR) is 185 cm³/mol. The maximum Gasteiger partial charge on any atom is 0.335 e. The second-order valence-electron chi connectivity index (χ2n) is 13.0. The van der Waals surface area contributed by atoms with E-state index < -0.39 is 5.97 Å². The zero-order valence-electron chi connectivity index (χ0n) is 27.3. The highest BCUT2D eigenvalue weighted by Gasteiger charge is 2.32. The maximum absolute atomic E-state index is 12.2. The number of hydrogen-bond acceptors (Lipinski definition) is 6. The number of carbonyl (C=O) groups is 1. The Kier molecular flexibility index (Phi) is 8.51. The number of likely N-dealkylation sites (tertiary alicyclic amines) is 1. The highest BCUT2D eigenvalue weighted by atomic mass is 16.4. The molecule has 0 unspecified atom stereocenters. The maximum atomic E-state index is 12.2. The Balaban J connectivity index is 1.47. The standard InChI is InChI=1S/C37H45N7O2/c1-4-9-25(10-5-2)31-27-12-11-26(37(45)46)23-30(27)44-22-21-43(20-19-42-17-7-6-8-18-42)35-28(34(31)44)13-14-29-33(35)41-36(40-29)32-24(3)38-15-16-39-32/h11-16,23,25H,4-10,17-22H2,1-3H3,(H,40,41)(H,45,46). The third-order valence-electron chi connectivity index (χ3n) is 10.1. The van der Waals surface area contributed by atoms with Crippen molar-refractivity contribution in [1.82, 2.24) is 29.4 Å². The number of hydrogen-bond donors (Lipinski definition) is 2. The Morgan fingerprint density at radius 1 is 0.957 bits per heavy atom. The number of nitrogens with one attached hydrogen (secondary N) is 1. The third-order valence-corrected chi connectivity index (χ3v) is 10.1. The number of imidazole rings is 1. The van der Waals surface area contributed by atoms with E-state index in [0.29, 0.717) is 11.5 Å². The summed E-state index contributed by atoms with van der Waals surface area (Å²) in [5.41, 5.74) is 9.82. The number of fused-ring (bicyclic) bond motifs is 7. The molecule has 1 saturated heterocycles. The van der Waals surface area contributed by atoms with Gasteiger partial charge >= 0.3 is 5.97 Å². The lowest BCUT2D eigenvalue weighted by molar-refractivity contribution is 0.0697. The normalized spacial score (nSPS) is 15.4. The van der Waals surface area contributed by atoms with Crippen LogP contribution in [0.4, 0.5) is 5.69 Å². The van der Waals surface area contributed by atoms with Crippen molar-refractivity contribution in [3.05, 3.63) is 59.5 Å². The number of rotatable bonds is 10. The minimum Gasteiger partial charge on any atom is -0.478 e. The molecule has 0 radical (unpaired) electrons. The Hall–Kier alpha value is -4.24. The topological polar surface area (TPSA) is 103 Å². The van der Waals surface area contributed by atoms with Crippen LogP contribution in [0.15, 0.2) is 42.7 Å². The van der Waals surface area contributed by atoms with E-state index in [0.717, 1.165) is 104 Å². The molecule has 9 heteroatoms. The number of nitrogens with zero attached hydrogens (tertiary/aromatic N) is 6. The zero-order chi connectivity index (χ0) is 31.8. The molecule has 0 saturated carbocycles. The first-order valence-corrected chi connectivity index (χ1v) is 17.2. The molecule has 2 N–H and O–H groups in total. The Morgan fingerprint density at radius 2 is 1.74 bits per heavy atom. The first kappa shape index (κ1) is 30.4. The minimum absolute atomic E-state index is 0.333. The molecule has 0 aliphatic carbocycles. The number of H-pyrrole nitrogens is 1. The van der Waals surface area contributed by atoms with Gasteiger partial charge in [-0.2, -0.15) is 0 Å². The van der Waals surface area contributed by atoms with Crippen LogP contribution in [0.25, 0.3) is 44.7 Å². The van der Waals surface area contributed by atoms with Crippen molar-refractivity contribution in [2.45, 2.75) is 78.2 Å². The van der Waals surface area contributed by atoms with Gasteiger partial charge in [-0.1, -0.05) is 39.2 Å². The molecule has 46 heavy (non-hydrogen) atoms. The molecule has 5 heterocycles. The Labute approximate surface area is 270 Å². The van der Waals surface area contributed by atoms with E-state index in [2.05, 4.69) is 61.4 Å². The summed E-state index contributed by atoms with van der Waals surface area (Å²) in [5, 5.41) is 11.2. The summed E-state index contributed by atoms with van der Waals surface area (Å²) in [7, 11) is 0. The number of carboxylic acids is 1. The summed E-state index contributed by atoms with van der Waals surface area (Å²) in [4.78, 5) is 35.2. The van der Waals surface area contributed by atoms with Crippen LogP contribution in [0, 0.1) is 6.92 Å². The number of aryl methyl sites for hydroxylation is 1. The number of aromatic nitrogens is 5. The van der Waals surface area contributed by atoms with Crippen molar-refractivity contribution in [1.29, 1.82) is 0 Å². The van der Waals surface area contributed by atoms with E-state index in [4.69, 9.17) is 4.98 Å². The van der Waals surface area contributed by atoms with Crippen LogP contribution in [0.2, 0.25) is 0 Å². The number of piperidine rings is 1. The first-order chi connectivity index (χ1) is 22.5. The number of benzene rings is 2. The van der Waals surface area contributed by atoms with Crippen molar-refractivity contribution in [2.24, 2.45) is 0 Å². The van der Waals surface area contributed by atoms with Gasteiger partial charge in [0.1, 0.15) is 11.2 Å². The van der Waals surface area contributed by atoms with Gasteiger partial charge in [0, 0.05) is 55.0 Å². The van der Waals surface area contributed by atoms with Gasteiger partial charge in [-0.25, -0.2) is 14.8 Å². The molecule has 9 nitrogen and oxygen atoms in total. The number of aromatic amines is 1. The molecule has 2 aromatic carbocycles. The fourth-order valence-corrected chi connectivity index (χ4v) is 7.90. The van der Waals surface area contributed by atoms with Crippen molar-refractivity contribution in [3.8, 4) is 22.8 Å². The van der Waals surface area contributed by atoms with E-state index >= 15 is 0 Å². The molecule has 0 bridgehead atoms. The van der Waals surface area contributed by atoms with Crippen molar-refractivity contribution in [2.75, 3.05) is 37.6 Å². The summed E-state index contributed by atoms with van der Waals surface area (Å²) in [6.07, 6.45) is 11.7. The van der Waals surface area contributed by atoms with Gasteiger partial charge in [0.15, 0.2) is 5.82 Å². The molecule has 1 fully saturated rings. The van der Waals surface area contributed by atoms with Crippen LogP contribution in [-0.2, 0) is 6.54 Å². The quantitative estimate of drug-likeness (QED) is 0.166. The largest absolute Gasteiger partial charge is 0.478 e. The molecular weight excluding hydrogens is 574 g/mol. The molecular formula is C37H45N7O2. The fourth-order valence-electron chi connectivity index (χ4n) is 7.90. The van der Waals surface area contributed by atoms with Crippen LogP contribution < -0.4 is 4.90 Å². The highest BCUT2D eigenvalue weighted by molar-refractivity contribution is 6.04. The summed E-state index contributed by atoms with van der Waals surface area (Å²) >= 11 is 0. The van der Waals surface area contributed by atoms with Gasteiger partial charge in [0.05, 0.1) is 28.2 Å². The molecule has 3 aromatic heterocycles. The third kappa shape index (κ3) is 5.44. The summed E-state index contributed by atoms with van der Waals surface area (Å²) < 4.78 is 2.42. The Morgan fingerprint density at radius 3 is 2.48 bits per heavy atom. The molecule has 0 atom stereocenters. The molecule has 7 rings (SSSR count). The van der Waals surface area contributed by atoms with Crippen molar-refractivity contribution in [3.63, 3.8) is 0 Å². The van der Waals surface area contributed by atoms with Crippen molar-refractivity contribution >= 4 is 33.6 Å². The highest BCUT2D eigenvalue weighted by Crippen LogP contribution is 2.48. The van der Waals surface area contributed by atoms with Crippen molar-refractivity contribution < 1.29 is 9.90 Å². The summed E-state index contributed by atoms with van der Waals surface area (Å²) in [5.74, 6) is 0.223. The smallest absolute Gasteiger partial charge is 0.335 e. The molecule has 2 aliphatic heterocycles. The SMILES string of the molecule is CCCC(CCC)c1c2n(c3cc(C(=O)O)ccc13)CCN(CCN1CCCCC1)c1c-2ccc2[nH]c(-c3nccnc3C)nc12.